The SMILES string of the molecule is Cc1cccc(N(c2cccc(C3(c4ccccc4)c4ccccc4-c4ccccc43)c2)c2ccc3ccc4c(N(c5cccc(C)c5)c5cccc(C6(c7ccccc7)c7ccccc7-c7ccccc76)c5)ccc5ccc2c3c54)c1.c1ccc(-n2c(-c3ccc(-c4ccc5c(-c6ccc7ccccc7c6)c6ccccc6c(-c6ccc7ccccc7c6)c5c4)cc3)nc3ccccc32)cc1. The van der Waals surface area contributed by atoms with Gasteiger partial charge >= 0.3 is 0 Å². The van der Waals surface area contributed by atoms with Crippen LogP contribution in [0.25, 0.3) is 159 Å². The summed E-state index contributed by atoms with van der Waals surface area (Å²) in [7, 11) is 0. The molecule has 642 valence electrons. The third-order valence-corrected chi connectivity index (χ3v) is 29.2. The maximum Gasteiger partial charge on any atom is 0.145 e. The first-order chi connectivity index (χ1) is 67.8. The number of benzene rings is 24. The molecule has 4 heteroatoms. The van der Waals surface area contributed by atoms with Crippen LogP contribution in [0.3, 0.4) is 0 Å². The number of rotatable bonds is 15. The third kappa shape index (κ3) is 13.0. The lowest BCUT2D eigenvalue weighted by Gasteiger charge is -2.35. The molecule has 2 aliphatic carbocycles. The molecule has 2 aliphatic rings. The number of hydrogen-bond donors (Lipinski definition) is 0. The van der Waals surface area contributed by atoms with Crippen LogP contribution in [0.15, 0.2) is 510 Å². The summed E-state index contributed by atoms with van der Waals surface area (Å²) in [5, 5.41) is 17.3. The van der Waals surface area contributed by atoms with Crippen LogP contribution in [0.5, 0.6) is 0 Å². The Balaban J connectivity index is 0.000000153. The molecule has 27 rings (SSSR count). The molecule has 4 nitrogen and oxygen atoms in total. The quantitative estimate of drug-likeness (QED) is 0.0755. The lowest BCUT2D eigenvalue weighted by molar-refractivity contribution is 0.768. The van der Waals surface area contributed by atoms with Crippen molar-refractivity contribution in [3.8, 4) is 72.7 Å². The van der Waals surface area contributed by atoms with E-state index in [9.17, 15) is 0 Å². The van der Waals surface area contributed by atoms with Crippen molar-refractivity contribution in [2.45, 2.75) is 24.7 Å². The van der Waals surface area contributed by atoms with Gasteiger partial charge in [-0.2, -0.15) is 0 Å². The van der Waals surface area contributed by atoms with Gasteiger partial charge in [-0.15, -0.1) is 0 Å². The second kappa shape index (κ2) is 32.7. The number of fused-ring (bicyclic) bond motifs is 11. The van der Waals surface area contributed by atoms with Gasteiger partial charge in [0.15, 0.2) is 0 Å². The summed E-state index contributed by atoms with van der Waals surface area (Å²) in [6, 6.07) is 189. The van der Waals surface area contributed by atoms with Gasteiger partial charge in [-0.1, -0.05) is 406 Å². The number of aromatic nitrogens is 2. The van der Waals surface area contributed by atoms with Crippen LogP contribution in [0.1, 0.15) is 55.6 Å². The van der Waals surface area contributed by atoms with Gasteiger partial charge in [-0.05, 0) is 293 Å². The van der Waals surface area contributed by atoms with Gasteiger partial charge in [0.1, 0.15) is 5.82 Å². The van der Waals surface area contributed by atoms with Gasteiger partial charge in [-0.3, -0.25) is 4.57 Å². The fraction of sp³-hybridized carbons (Fsp3) is 0.0301. The first kappa shape index (κ1) is 80.3. The number of aryl methyl sites for hydroxylation is 2. The van der Waals surface area contributed by atoms with Crippen LogP contribution in [0.2, 0.25) is 0 Å². The lowest BCUT2D eigenvalue weighted by atomic mass is 9.67. The summed E-state index contributed by atoms with van der Waals surface area (Å²) in [6.45, 7) is 4.40. The zero-order valence-corrected chi connectivity index (χ0v) is 75.8. The second-order valence-corrected chi connectivity index (χ2v) is 36.8. The van der Waals surface area contributed by atoms with Crippen molar-refractivity contribution in [1.29, 1.82) is 0 Å². The summed E-state index contributed by atoms with van der Waals surface area (Å²) in [5.41, 5.74) is 34.9. The monoisotopic (exact) mass is 1740 g/mol. The van der Waals surface area contributed by atoms with Gasteiger partial charge in [-0.25, -0.2) is 4.98 Å². The molecule has 0 N–H and O–H groups in total. The van der Waals surface area contributed by atoms with E-state index in [-0.39, 0.29) is 0 Å². The minimum Gasteiger partial charge on any atom is -0.310 e. The molecule has 0 saturated carbocycles. The lowest BCUT2D eigenvalue weighted by Crippen LogP contribution is -2.28. The van der Waals surface area contributed by atoms with Gasteiger partial charge in [0.05, 0.1) is 33.2 Å². The molecule has 1 aromatic heterocycles. The van der Waals surface area contributed by atoms with Gasteiger partial charge in [0.25, 0.3) is 0 Å². The zero-order chi connectivity index (χ0) is 90.8. The molecule has 0 fully saturated rings. The van der Waals surface area contributed by atoms with Gasteiger partial charge in [0.2, 0.25) is 0 Å². The van der Waals surface area contributed by atoms with Crippen molar-refractivity contribution in [3.05, 3.63) is 565 Å². The fourth-order valence-electron chi connectivity index (χ4n) is 23.3. The highest BCUT2D eigenvalue weighted by Gasteiger charge is 2.48. The summed E-state index contributed by atoms with van der Waals surface area (Å²) >= 11 is 0. The molecule has 1 heterocycles. The highest BCUT2D eigenvalue weighted by Crippen LogP contribution is 2.60. The zero-order valence-electron chi connectivity index (χ0n) is 75.8. The summed E-state index contributed by atoms with van der Waals surface area (Å²) in [5.74, 6) is 0.933. The Morgan fingerprint density at radius 2 is 0.569 bits per heavy atom. The molecule has 0 bridgehead atoms. The van der Waals surface area contributed by atoms with E-state index in [1.54, 1.807) is 0 Å². The van der Waals surface area contributed by atoms with E-state index in [1.165, 1.54) is 181 Å². The van der Waals surface area contributed by atoms with Crippen LogP contribution in [0.4, 0.5) is 34.1 Å². The fourth-order valence-corrected chi connectivity index (χ4v) is 23.3. The summed E-state index contributed by atoms with van der Waals surface area (Å²) < 4.78 is 2.26. The van der Waals surface area contributed by atoms with Crippen molar-refractivity contribution in [1.82, 2.24) is 9.55 Å². The summed E-state index contributed by atoms with van der Waals surface area (Å²) in [6.07, 6.45) is 0. The number of anilines is 6. The van der Waals surface area contributed by atoms with Crippen molar-refractivity contribution in [2.24, 2.45) is 0 Å². The highest BCUT2D eigenvalue weighted by atomic mass is 15.2. The molecule has 25 aromatic rings. The standard InChI is InChI=1S/C80H56N2.C53H34N2/c1-53-21-17-29-61(49-53)81(63-31-19-27-59(51-63)79(57-23-5-3-6-24-57)71-37-13-9-33-65(71)66-34-10-14-38-72(66)79)75-47-43-55-42-46-70-76(48-44-56-41-45-69(75)77(55)78(56)70)82(62-30-18-22-54(2)50-62)64-32-20-28-60(52-64)80(58-25-7-4-8-26-58)73-39-15-11-35-67(73)68-36-12-16-40-74(68)80;1-2-16-44(17-3-1)55-50-21-11-10-20-49(50)54-53(55)38-26-22-37(23-27-38)41-30-31-47-48(34-41)52(43-29-25-36-13-5-7-15-40(36)33-43)46-19-9-8-18-45(46)51(47)42-28-24-35-12-4-6-14-39(35)32-42/h3-52H,1-2H3;1-34H. The smallest absolute Gasteiger partial charge is 0.145 e. The second-order valence-electron chi connectivity index (χ2n) is 36.8. The molecule has 0 radical (unpaired) electrons. The molecule has 0 atom stereocenters. The first-order valence-corrected chi connectivity index (χ1v) is 47.5. The van der Waals surface area contributed by atoms with Gasteiger partial charge in [0, 0.05) is 44.8 Å². The molecule has 0 spiro atoms. The van der Waals surface area contributed by atoms with Crippen LogP contribution in [0, 0.1) is 13.8 Å². The predicted octanol–water partition coefficient (Wildman–Crippen LogP) is 35.2. The van der Waals surface area contributed by atoms with E-state index in [2.05, 4.69) is 538 Å². The molecule has 137 heavy (non-hydrogen) atoms. The van der Waals surface area contributed by atoms with Crippen LogP contribution < -0.4 is 9.80 Å². The van der Waals surface area contributed by atoms with Crippen LogP contribution >= 0.6 is 0 Å². The Labute approximate surface area is 796 Å². The first-order valence-electron chi connectivity index (χ1n) is 47.5. The van der Waals surface area contributed by atoms with Crippen molar-refractivity contribution in [3.63, 3.8) is 0 Å². The Hall–Kier alpha value is -17.6. The van der Waals surface area contributed by atoms with E-state index >= 15 is 0 Å². The Morgan fingerprint density at radius 3 is 1.05 bits per heavy atom. The number of hydrogen-bond acceptors (Lipinski definition) is 3. The Kier molecular flexibility index (Phi) is 19.2. The molecule has 0 aliphatic heterocycles. The van der Waals surface area contributed by atoms with Crippen molar-refractivity contribution < 1.29 is 0 Å². The minimum atomic E-state index is -0.543. The van der Waals surface area contributed by atoms with E-state index in [0.717, 1.165) is 67.8 Å². The Bertz CT molecular complexity index is 8690. The average molecular weight is 1740 g/mol. The average Bonchev–Trinajstić information content (AvgIpc) is 1.55. The van der Waals surface area contributed by atoms with E-state index in [4.69, 9.17) is 4.98 Å². The maximum absolute atomic E-state index is 5.12. The normalized spacial score (nSPS) is 12.7. The molecular formula is C133H90N4. The van der Waals surface area contributed by atoms with E-state index < -0.39 is 10.8 Å². The summed E-state index contributed by atoms with van der Waals surface area (Å²) in [4.78, 5) is 10.1. The third-order valence-electron chi connectivity index (χ3n) is 29.2. The molecule has 0 amide bonds. The van der Waals surface area contributed by atoms with Crippen LogP contribution in [-0.4, -0.2) is 9.55 Å². The largest absolute Gasteiger partial charge is 0.310 e. The van der Waals surface area contributed by atoms with Gasteiger partial charge < -0.3 is 9.80 Å². The highest BCUT2D eigenvalue weighted by molar-refractivity contribution is 6.29. The van der Waals surface area contributed by atoms with Crippen molar-refractivity contribution >= 4 is 121 Å². The molecule has 0 saturated heterocycles. The van der Waals surface area contributed by atoms with Crippen LogP contribution in [-0.2, 0) is 10.8 Å². The topological polar surface area (TPSA) is 24.3 Å². The Morgan fingerprint density at radius 1 is 0.219 bits per heavy atom. The number of imidazole rings is 1. The van der Waals surface area contributed by atoms with E-state index in [1.807, 2.05) is 0 Å². The molecule has 0 unspecified atom stereocenters. The minimum absolute atomic E-state index is 0.543. The number of nitrogens with zero attached hydrogens (tertiary/aromatic N) is 4. The predicted molar refractivity (Wildman–Crippen MR) is 576 cm³/mol. The van der Waals surface area contributed by atoms with Crippen molar-refractivity contribution in [2.75, 3.05) is 9.80 Å². The molecular weight excluding hydrogens is 1650 g/mol. The molecule has 24 aromatic carbocycles. The number of para-hydroxylation sites is 3. The van der Waals surface area contributed by atoms with E-state index in [0.29, 0.717) is 0 Å². The maximum atomic E-state index is 5.12.